The van der Waals surface area contributed by atoms with Crippen molar-refractivity contribution in [2.24, 2.45) is 0 Å². The fraction of sp³-hybridized carbons (Fsp3) is 0.435. The van der Waals surface area contributed by atoms with E-state index in [9.17, 15) is 9.59 Å². The van der Waals surface area contributed by atoms with Gasteiger partial charge < -0.3 is 16.4 Å². The highest BCUT2D eigenvalue weighted by Gasteiger charge is 2.34. The first kappa shape index (κ1) is 20.3. The number of amides is 2. The number of anilines is 2. The van der Waals surface area contributed by atoms with Crippen LogP contribution in [0.1, 0.15) is 59.4 Å². The number of nitrogens with two attached hydrogens (primary N) is 1. The van der Waals surface area contributed by atoms with Crippen molar-refractivity contribution in [2.75, 3.05) is 24.1 Å². The molecule has 0 radical (unpaired) electrons. The van der Waals surface area contributed by atoms with Crippen molar-refractivity contribution in [3.05, 3.63) is 53.9 Å². The molecule has 2 aliphatic rings. The summed E-state index contributed by atoms with van der Waals surface area (Å²) in [5.74, 6) is -0.519. The van der Waals surface area contributed by atoms with Gasteiger partial charge in [0, 0.05) is 31.4 Å². The van der Waals surface area contributed by atoms with Gasteiger partial charge in [-0.25, -0.2) is 0 Å². The predicted octanol–water partition coefficient (Wildman–Crippen LogP) is 3.05. The number of para-hydroxylation sites is 2. The number of carbonyl (C=O) groups is 2. The number of hydrogen-bond donors (Lipinski definition) is 3. The topological polar surface area (TPSA) is 100 Å². The van der Waals surface area contributed by atoms with Crippen molar-refractivity contribution < 1.29 is 9.59 Å². The summed E-state index contributed by atoms with van der Waals surface area (Å²) < 4.78 is 0. The standard InChI is InChI=1S/C23H29N5O2/c24-19-8-4-5-9-20(19)27-23(30)21-11-10-16(14-25-21)22(29)26-15-18-12-13-28(18)17-6-2-1-3-7-17/h4-5,8-11,14,17-18H,1-3,6-7,12-13,15,24H2,(H,26,29)(H,27,30). The molecule has 4 N–H and O–H groups in total. The van der Waals surface area contributed by atoms with Crippen LogP contribution in [0.15, 0.2) is 42.6 Å². The van der Waals surface area contributed by atoms with Crippen molar-refractivity contribution in [1.29, 1.82) is 0 Å². The maximum absolute atomic E-state index is 12.5. The summed E-state index contributed by atoms with van der Waals surface area (Å²) in [5, 5.41) is 5.76. The molecule has 7 heteroatoms. The molecule has 1 saturated carbocycles. The van der Waals surface area contributed by atoms with E-state index in [-0.39, 0.29) is 17.5 Å². The van der Waals surface area contributed by atoms with Gasteiger partial charge in [-0.1, -0.05) is 31.4 Å². The van der Waals surface area contributed by atoms with Gasteiger partial charge in [0.15, 0.2) is 0 Å². The second kappa shape index (κ2) is 9.26. The first-order chi connectivity index (χ1) is 14.6. The number of pyridine rings is 1. The third-order valence-corrected chi connectivity index (χ3v) is 6.20. The minimum atomic E-state index is -0.363. The number of nitrogen functional groups attached to an aromatic ring is 1. The number of likely N-dealkylation sites (tertiary alicyclic amines) is 1. The number of carbonyl (C=O) groups excluding carboxylic acids is 2. The average molecular weight is 408 g/mol. The Morgan fingerprint density at radius 2 is 1.83 bits per heavy atom. The zero-order valence-electron chi connectivity index (χ0n) is 17.1. The fourth-order valence-corrected chi connectivity index (χ4v) is 4.35. The first-order valence-electron chi connectivity index (χ1n) is 10.8. The molecule has 1 unspecified atom stereocenters. The third-order valence-electron chi connectivity index (χ3n) is 6.20. The lowest BCUT2D eigenvalue weighted by molar-refractivity contribution is 0.0240. The number of nitrogens with zero attached hydrogens (tertiary/aromatic N) is 2. The summed E-state index contributed by atoms with van der Waals surface area (Å²) in [4.78, 5) is 31.6. The largest absolute Gasteiger partial charge is 0.397 e. The Morgan fingerprint density at radius 1 is 1.03 bits per heavy atom. The van der Waals surface area contributed by atoms with Crippen LogP contribution >= 0.6 is 0 Å². The minimum Gasteiger partial charge on any atom is -0.397 e. The van der Waals surface area contributed by atoms with E-state index in [0.717, 1.165) is 13.0 Å². The number of aromatic nitrogens is 1. The van der Waals surface area contributed by atoms with Gasteiger partial charge in [0.1, 0.15) is 5.69 Å². The van der Waals surface area contributed by atoms with Gasteiger partial charge in [-0.3, -0.25) is 19.5 Å². The molecular formula is C23H29N5O2. The van der Waals surface area contributed by atoms with Crippen molar-refractivity contribution in [3.8, 4) is 0 Å². The van der Waals surface area contributed by atoms with Crippen molar-refractivity contribution >= 4 is 23.2 Å². The molecule has 2 fully saturated rings. The van der Waals surface area contributed by atoms with E-state index in [4.69, 9.17) is 5.73 Å². The summed E-state index contributed by atoms with van der Waals surface area (Å²) in [6.45, 7) is 1.80. The Bertz CT molecular complexity index is 893. The number of nitrogens with one attached hydrogen (secondary N) is 2. The van der Waals surface area contributed by atoms with Gasteiger partial charge in [0.05, 0.1) is 16.9 Å². The lowest BCUT2D eigenvalue weighted by atomic mass is 9.89. The molecule has 2 amide bonds. The van der Waals surface area contributed by atoms with Crippen LogP contribution < -0.4 is 16.4 Å². The molecular weight excluding hydrogens is 378 g/mol. The van der Waals surface area contributed by atoms with Crippen molar-refractivity contribution in [3.63, 3.8) is 0 Å². The van der Waals surface area contributed by atoms with E-state index in [2.05, 4.69) is 20.5 Å². The zero-order chi connectivity index (χ0) is 20.9. The first-order valence-corrected chi connectivity index (χ1v) is 10.8. The normalized spacial score (nSPS) is 19.7. The number of rotatable bonds is 6. The second-order valence-electron chi connectivity index (χ2n) is 8.16. The molecule has 7 nitrogen and oxygen atoms in total. The maximum Gasteiger partial charge on any atom is 0.274 e. The van der Waals surface area contributed by atoms with Crippen molar-refractivity contribution in [2.45, 2.75) is 50.6 Å². The van der Waals surface area contributed by atoms with Crippen LogP contribution in [0.4, 0.5) is 11.4 Å². The Hall–Kier alpha value is -2.93. The van der Waals surface area contributed by atoms with Crippen LogP contribution in [0.25, 0.3) is 0 Å². The van der Waals surface area contributed by atoms with E-state index >= 15 is 0 Å². The highest BCUT2D eigenvalue weighted by molar-refractivity contribution is 6.04. The van der Waals surface area contributed by atoms with Crippen LogP contribution in [-0.2, 0) is 0 Å². The quantitative estimate of drug-likeness (QED) is 0.639. The van der Waals surface area contributed by atoms with Crippen LogP contribution in [0.3, 0.4) is 0 Å². The zero-order valence-corrected chi connectivity index (χ0v) is 17.1. The highest BCUT2D eigenvalue weighted by Crippen LogP contribution is 2.29. The summed E-state index contributed by atoms with van der Waals surface area (Å²) in [6, 6.07) is 11.4. The molecule has 2 heterocycles. The molecule has 1 aromatic carbocycles. The van der Waals surface area contributed by atoms with Crippen LogP contribution in [0, 0.1) is 0 Å². The minimum absolute atomic E-state index is 0.155. The number of benzene rings is 1. The Balaban J connectivity index is 1.29. The predicted molar refractivity (Wildman–Crippen MR) is 117 cm³/mol. The summed E-state index contributed by atoms with van der Waals surface area (Å²) >= 11 is 0. The molecule has 158 valence electrons. The summed E-state index contributed by atoms with van der Waals surface area (Å²) in [6.07, 6.45) is 9.14. The van der Waals surface area contributed by atoms with Gasteiger partial charge >= 0.3 is 0 Å². The molecule has 30 heavy (non-hydrogen) atoms. The third kappa shape index (κ3) is 4.62. The Morgan fingerprint density at radius 3 is 2.50 bits per heavy atom. The van der Waals surface area contributed by atoms with Gasteiger partial charge in [0.2, 0.25) is 0 Å². The second-order valence-corrected chi connectivity index (χ2v) is 8.16. The SMILES string of the molecule is Nc1ccccc1NC(=O)c1ccc(C(=O)NCC2CCN2C2CCCCC2)cn1. The molecule has 4 rings (SSSR count). The Labute approximate surface area is 177 Å². The molecule has 1 aliphatic carbocycles. The van der Waals surface area contributed by atoms with Gasteiger partial charge in [-0.15, -0.1) is 0 Å². The summed E-state index contributed by atoms with van der Waals surface area (Å²) in [5.41, 5.74) is 7.56. The van der Waals surface area contributed by atoms with Crippen LogP contribution in [0.5, 0.6) is 0 Å². The van der Waals surface area contributed by atoms with E-state index < -0.39 is 0 Å². The average Bonchev–Trinajstić information content (AvgIpc) is 2.75. The van der Waals surface area contributed by atoms with E-state index in [1.54, 1.807) is 36.4 Å². The van der Waals surface area contributed by atoms with E-state index in [0.29, 0.717) is 35.6 Å². The number of hydrogen-bond acceptors (Lipinski definition) is 5. The van der Waals surface area contributed by atoms with Gasteiger partial charge in [-0.2, -0.15) is 0 Å². The molecule has 2 aromatic rings. The lowest BCUT2D eigenvalue weighted by Crippen LogP contribution is -2.57. The van der Waals surface area contributed by atoms with E-state index in [1.165, 1.54) is 38.3 Å². The molecule has 1 saturated heterocycles. The van der Waals surface area contributed by atoms with Gasteiger partial charge in [0.25, 0.3) is 11.8 Å². The Kier molecular flexibility index (Phi) is 6.28. The van der Waals surface area contributed by atoms with Crippen molar-refractivity contribution in [1.82, 2.24) is 15.2 Å². The molecule has 0 bridgehead atoms. The smallest absolute Gasteiger partial charge is 0.274 e. The monoisotopic (exact) mass is 407 g/mol. The molecule has 1 atom stereocenters. The van der Waals surface area contributed by atoms with Gasteiger partial charge in [-0.05, 0) is 43.5 Å². The van der Waals surface area contributed by atoms with Crippen LogP contribution in [0.2, 0.25) is 0 Å². The highest BCUT2D eigenvalue weighted by atomic mass is 16.2. The molecule has 1 aliphatic heterocycles. The summed E-state index contributed by atoms with van der Waals surface area (Å²) in [7, 11) is 0. The molecule has 0 spiro atoms. The fourth-order valence-electron chi connectivity index (χ4n) is 4.35. The van der Waals surface area contributed by atoms with E-state index in [1.807, 2.05) is 0 Å². The molecule has 1 aromatic heterocycles. The lowest BCUT2D eigenvalue weighted by Gasteiger charge is -2.47. The van der Waals surface area contributed by atoms with Crippen LogP contribution in [-0.4, -0.2) is 46.9 Å². The maximum atomic E-state index is 12.5.